The van der Waals surface area contributed by atoms with Crippen molar-refractivity contribution in [2.75, 3.05) is 13.1 Å². The second-order valence-corrected chi connectivity index (χ2v) is 5.57. The summed E-state index contributed by atoms with van der Waals surface area (Å²) in [6.45, 7) is 1.26. The number of benzene rings is 1. The minimum atomic E-state index is -0.733. The third-order valence-corrected chi connectivity index (χ3v) is 4.28. The Hall–Kier alpha value is -2.04. The van der Waals surface area contributed by atoms with E-state index in [0.29, 0.717) is 13.1 Å². The molecule has 1 N–H and O–H groups in total. The van der Waals surface area contributed by atoms with E-state index in [2.05, 4.69) is 0 Å². The molecule has 5 nitrogen and oxygen atoms in total. The third kappa shape index (κ3) is 2.35. The van der Waals surface area contributed by atoms with Crippen LogP contribution in [0.15, 0.2) is 30.3 Å². The number of fused-ring (bicyclic) bond motifs is 2. The van der Waals surface area contributed by atoms with Gasteiger partial charge in [-0.2, -0.15) is 0 Å². The average molecular weight is 275 g/mol. The summed E-state index contributed by atoms with van der Waals surface area (Å²) in [7, 11) is 0. The molecule has 2 aliphatic heterocycles. The van der Waals surface area contributed by atoms with Crippen molar-refractivity contribution >= 4 is 12.1 Å². The zero-order valence-electron chi connectivity index (χ0n) is 11.1. The van der Waals surface area contributed by atoms with E-state index in [9.17, 15) is 9.59 Å². The number of carboxylic acids is 1. The summed E-state index contributed by atoms with van der Waals surface area (Å²) in [5.74, 6) is -0.817. The van der Waals surface area contributed by atoms with Crippen molar-refractivity contribution in [1.82, 2.24) is 4.90 Å². The lowest BCUT2D eigenvalue weighted by molar-refractivity contribution is -0.158. The van der Waals surface area contributed by atoms with Crippen LogP contribution in [-0.2, 0) is 16.1 Å². The van der Waals surface area contributed by atoms with E-state index in [1.807, 2.05) is 30.3 Å². The van der Waals surface area contributed by atoms with Crippen LogP contribution in [0.25, 0.3) is 0 Å². The van der Waals surface area contributed by atoms with Gasteiger partial charge in [-0.3, -0.25) is 4.79 Å². The second kappa shape index (κ2) is 5.15. The summed E-state index contributed by atoms with van der Waals surface area (Å²) in [5, 5.41) is 9.08. The number of hydrogen-bond acceptors (Lipinski definition) is 3. The summed E-state index contributed by atoms with van der Waals surface area (Å²) in [4.78, 5) is 24.7. The van der Waals surface area contributed by atoms with Crippen molar-refractivity contribution in [2.24, 2.45) is 17.8 Å². The topological polar surface area (TPSA) is 66.8 Å². The molecule has 1 saturated carbocycles. The van der Waals surface area contributed by atoms with Crippen LogP contribution in [0.3, 0.4) is 0 Å². The summed E-state index contributed by atoms with van der Waals surface area (Å²) < 4.78 is 5.27. The van der Waals surface area contributed by atoms with Gasteiger partial charge in [-0.15, -0.1) is 0 Å². The normalized spacial score (nSPS) is 27.6. The van der Waals surface area contributed by atoms with Crippen molar-refractivity contribution in [3.05, 3.63) is 35.9 Å². The molecule has 2 heterocycles. The van der Waals surface area contributed by atoms with Crippen molar-refractivity contribution in [2.45, 2.75) is 13.0 Å². The fourth-order valence-corrected chi connectivity index (χ4v) is 3.25. The molecule has 3 atom stereocenters. The Kier molecular flexibility index (Phi) is 3.34. The number of hydrogen-bond donors (Lipinski definition) is 1. The van der Waals surface area contributed by atoms with Gasteiger partial charge in [0, 0.05) is 13.1 Å². The SMILES string of the molecule is O=C(O)C1[C@@H]2C[C@H]1CN(C(=O)OCc1ccccc1)C2. The molecule has 0 aromatic heterocycles. The van der Waals surface area contributed by atoms with E-state index in [0.717, 1.165) is 12.0 Å². The van der Waals surface area contributed by atoms with Crippen LogP contribution in [-0.4, -0.2) is 35.2 Å². The minimum Gasteiger partial charge on any atom is -0.481 e. The minimum absolute atomic E-state index is 0.0931. The van der Waals surface area contributed by atoms with E-state index < -0.39 is 5.97 Å². The molecule has 5 heteroatoms. The standard InChI is InChI=1S/C15H17NO4/c17-14(18)13-11-6-12(13)8-16(7-11)15(19)20-9-10-4-2-1-3-5-10/h1-5,11-13H,6-9H2,(H,17,18)/t11-,12+,13?. The van der Waals surface area contributed by atoms with Gasteiger partial charge in [-0.1, -0.05) is 30.3 Å². The van der Waals surface area contributed by atoms with Crippen molar-refractivity contribution < 1.29 is 19.4 Å². The monoisotopic (exact) mass is 275 g/mol. The Morgan fingerprint density at radius 1 is 1.20 bits per heavy atom. The van der Waals surface area contributed by atoms with Gasteiger partial charge in [0.25, 0.3) is 0 Å². The highest BCUT2D eigenvalue weighted by molar-refractivity contribution is 5.74. The summed E-state index contributed by atoms with van der Waals surface area (Å²) >= 11 is 0. The molecule has 2 bridgehead atoms. The number of piperidine rings is 2. The Labute approximate surface area is 117 Å². The number of carboxylic acid groups (broad SMARTS) is 1. The molecule has 3 fully saturated rings. The Morgan fingerprint density at radius 3 is 2.45 bits per heavy atom. The van der Waals surface area contributed by atoms with Crippen LogP contribution < -0.4 is 0 Å². The van der Waals surface area contributed by atoms with Gasteiger partial charge >= 0.3 is 12.1 Å². The predicted octanol–water partition coefficient (Wildman–Crippen LogP) is 1.98. The highest BCUT2D eigenvalue weighted by Crippen LogP contribution is 2.45. The Morgan fingerprint density at radius 2 is 1.85 bits per heavy atom. The van der Waals surface area contributed by atoms with E-state index in [1.165, 1.54) is 0 Å². The molecule has 1 amide bonds. The van der Waals surface area contributed by atoms with Crippen molar-refractivity contribution in [1.29, 1.82) is 0 Å². The number of amides is 1. The molecule has 0 radical (unpaired) electrons. The molecule has 2 saturated heterocycles. The molecule has 4 rings (SSSR count). The first-order valence-corrected chi connectivity index (χ1v) is 6.83. The zero-order chi connectivity index (χ0) is 14.1. The number of nitrogens with zero attached hydrogens (tertiary/aromatic N) is 1. The van der Waals surface area contributed by atoms with E-state index in [4.69, 9.17) is 9.84 Å². The number of rotatable bonds is 3. The Balaban J connectivity index is 1.52. The second-order valence-electron chi connectivity index (χ2n) is 5.57. The van der Waals surface area contributed by atoms with E-state index >= 15 is 0 Å². The number of ether oxygens (including phenoxy) is 1. The van der Waals surface area contributed by atoms with Crippen molar-refractivity contribution in [3.8, 4) is 0 Å². The first-order chi connectivity index (χ1) is 9.65. The highest BCUT2D eigenvalue weighted by atomic mass is 16.6. The highest BCUT2D eigenvalue weighted by Gasteiger charge is 2.51. The lowest BCUT2D eigenvalue weighted by atomic mass is 9.62. The largest absolute Gasteiger partial charge is 0.481 e. The first kappa shape index (κ1) is 13.0. The summed E-state index contributed by atoms with van der Waals surface area (Å²) in [6.07, 6.45) is 0.576. The van der Waals surface area contributed by atoms with Crippen LogP contribution >= 0.6 is 0 Å². The first-order valence-electron chi connectivity index (χ1n) is 6.83. The number of carbonyl (C=O) groups is 2. The number of carbonyl (C=O) groups excluding carboxylic acids is 1. The summed E-state index contributed by atoms with van der Waals surface area (Å²) in [6, 6.07) is 9.52. The van der Waals surface area contributed by atoms with Gasteiger partial charge in [0.1, 0.15) is 6.61 Å². The fraction of sp³-hybridized carbons (Fsp3) is 0.467. The molecule has 20 heavy (non-hydrogen) atoms. The maximum atomic E-state index is 12.0. The molecule has 0 spiro atoms. The fourth-order valence-electron chi connectivity index (χ4n) is 3.25. The smallest absolute Gasteiger partial charge is 0.410 e. The molecule has 1 aromatic carbocycles. The summed E-state index contributed by atoms with van der Waals surface area (Å²) in [5.41, 5.74) is 0.950. The quantitative estimate of drug-likeness (QED) is 0.916. The van der Waals surface area contributed by atoms with Gasteiger partial charge in [0.05, 0.1) is 5.92 Å². The maximum absolute atomic E-state index is 12.0. The molecule has 106 valence electrons. The zero-order valence-corrected chi connectivity index (χ0v) is 11.1. The van der Waals surface area contributed by atoms with Gasteiger partial charge in [0.2, 0.25) is 0 Å². The third-order valence-electron chi connectivity index (χ3n) is 4.28. The molecule has 1 unspecified atom stereocenters. The average Bonchev–Trinajstić information content (AvgIpc) is 2.45. The molecule has 1 aliphatic carbocycles. The molecule has 1 aromatic rings. The van der Waals surface area contributed by atoms with Crippen LogP contribution in [0.1, 0.15) is 12.0 Å². The Bertz CT molecular complexity index is 504. The van der Waals surface area contributed by atoms with Gasteiger partial charge in [-0.25, -0.2) is 4.79 Å². The molecule has 3 aliphatic rings. The maximum Gasteiger partial charge on any atom is 0.410 e. The van der Waals surface area contributed by atoms with Gasteiger partial charge < -0.3 is 14.7 Å². The van der Waals surface area contributed by atoms with Crippen LogP contribution in [0, 0.1) is 17.8 Å². The van der Waals surface area contributed by atoms with E-state index in [-0.39, 0.29) is 30.5 Å². The lowest BCUT2D eigenvalue weighted by Crippen LogP contribution is -2.58. The van der Waals surface area contributed by atoms with Crippen LogP contribution in [0.4, 0.5) is 4.79 Å². The predicted molar refractivity (Wildman–Crippen MR) is 70.9 cm³/mol. The van der Waals surface area contributed by atoms with Gasteiger partial charge in [0.15, 0.2) is 0 Å². The molecular formula is C15H17NO4. The van der Waals surface area contributed by atoms with Crippen LogP contribution in [0.5, 0.6) is 0 Å². The van der Waals surface area contributed by atoms with Crippen LogP contribution in [0.2, 0.25) is 0 Å². The van der Waals surface area contributed by atoms with Gasteiger partial charge in [-0.05, 0) is 23.8 Å². The molecular weight excluding hydrogens is 258 g/mol. The van der Waals surface area contributed by atoms with E-state index in [1.54, 1.807) is 4.90 Å². The van der Waals surface area contributed by atoms with Crippen molar-refractivity contribution in [3.63, 3.8) is 0 Å². The lowest BCUT2D eigenvalue weighted by Gasteiger charge is -2.51. The number of aliphatic carboxylic acids is 1.